The van der Waals surface area contributed by atoms with E-state index in [0.717, 1.165) is 0 Å². The van der Waals surface area contributed by atoms with E-state index in [2.05, 4.69) is 0 Å². The summed E-state index contributed by atoms with van der Waals surface area (Å²) in [6.07, 6.45) is 0.562. The minimum absolute atomic E-state index is 0.0449. The smallest absolute Gasteiger partial charge is 0.308 e. The number of carboxylic acid groups (broad SMARTS) is 1. The normalized spacial score (nSPS) is 18.4. The van der Waals surface area contributed by atoms with E-state index in [-0.39, 0.29) is 18.6 Å². The highest BCUT2D eigenvalue weighted by atomic mass is 16.5. The lowest BCUT2D eigenvalue weighted by Gasteiger charge is -2.17. The molecule has 1 aliphatic heterocycles. The number of aliphatic carboxylic acids is 1. The molecule has 1 fully saturated rings. The van der Waals surface area contributed by atoms with Crippen molar-refractivity contribution >= 4 is 11.9 Å². The van der Waals surface area contributed by atoms with E-state index in [4.69, 9.17) is 9.84 Å². The Labute approximate surface area is 118 Å². The highest BCUT2D eigenvalue weighted by molar-refractivity contribution is 5.95. The van der Waals surface area contributed by atoms with Crippen molar-refractivity contribution in [1.82, 2.24) is 4.90 Å². The van der Waals surface area contributed by atoms with Crippen LogP contribution in [0.3, 0.4) is 0 Å². The lowest BCUT2D eigenvalue weighted by molar-refractivity contribution is -0.141. The number of benzene rings is 1. The first-order chi connectivity index (χ1) is 9.47. The Morgan fingerprint density at radius 1 is 1.40 bits per heavy atom. The van der Waals surface area contributed by atoms with Gasteiger partial charge in [0.15, 0.2) is 0 Å². The topological polar surface area (TPSA) is 66.8 Å². The molecule has 1 amide bonds. The summed E-state index contributed by atoms with van der Waals surface area (Å²) in [5.74, 6) is -0.769. The summed E-state index contributed by atoms with van der Waals surface area (Å²) < 4.78 is 5.56. The summed E-state index contributed by atoms with van der Waals surface area (Å²) in [4.78, 5) is 24.8. The van der Waals surface area contributed by atoms with Gasteiger partial charge in [0.25, 0.3) is 5.91 Å². The first kappa shape index (κ1) is 14.4. The molecule has 108 valence electrons. The summed E-state index contributed by atoms with van der Waals surface area (Å²) in [6.45, 7) is 4.62. The van der Waals surface area contributed by atoms with Gasteiger partial charge in [0.05, 0.1) is 12.0 Å². The first-order valence-corrected chi connectivity index (χ1v) is 6.76. The predicted octanol–water partition coefficient (Wildman–Crippen LogP) is 2.02. The molecule has 2 rings (SSSR count). The summed E-state index contributed by atoms with van der Waals surface area (Å²) in [5.41, 5.74) is 0.536. The van der Waals surface area contributed by atoms with Crippen molar-refractivity contribution in [1.29, 1.82) is 0 Å². The zero-order valence-electron chi connectivity index (χ0n) is 11.7. The van der Waals surface area contributed by atoms with E-state index in [1.165, 1.54) is 0 Å². The number of carbonyl (C=O) groups is 2. The summed E-state index contributed by atoms with van der Waals surface area (Å²) in [5, 5.41) is 8.97. The highest BCUT2D eigenvalue weighted by Gasteiger charge is 2.31. The Balaban J connectivity index is 2.08. The second-order valence-corrected chi connectivity index (χ2v) is 5.27. The fraction of sp³-hybridized carbons (Fsp3) is 0.467. The molecule has 1 aliphatic rings. The molecule has 5 heteroatoms. The molecule has 1 aromatic rings. The maximum atomic E-state index is 12.3. The molecule has 20 heavy (non-hydrogen) atoms. The van der Waals surface area contributed by atoms with Crippen molar-refractivity contribution in [3.63, 3.8) is 0 Å². The fourth-order valence-corrected chi connectivity index (χ4v) is 2.30. The van der Waals surface area contributed by atoms with Crippen LogP contribution in [0.1, 0.15) is 30.6 Å². The number of carbonyl (C=O) groups excluding carboxylic acids is 1. The zero-order chi connectivity index (χ0) is 14.7. The van der Waals surface area contributed by atoms with Crippen LogP contribution in [0.25, 0.3) is 0 Å². The largest absolute Gasteiger partial charge is 0.491 e. The van der Waals surface area contributed by atoms with E-state index in [1.54, 1.807) is 29.2 Å². The third-order valence-corrected chi connectivity index (χ3v) is 3.28. The van der Waals surface area contributed by atoms with Gasteiger partial charge < -0.3 is 14.7 Å². The van der Waals surface area contributed by atoms with E-state index >= 15 is 0 Å². The molecule has 0 saturated carbocycles. The van der Waals surface area contributed by atoms with Gasteiger partial charge in [-0.25, -0.2) is 0 Å². The summed E-state index contributed by atoms with van der Waals surface area (Å²) in [7, 11) is 0. The van der Waals surface area contributed by atoms with Gasteiger partial charge >= 0.3 is 5.97 Å². The molecule has 1 saturated heterocycles. The predicted molar refractivity (Wildman–Crippen MR) is 73.9 cm³/mol. The van der Waals surface area contributed by atoms with Crippen LogP contribution in [0, 0.1) is 5.92 Å². The zero-order valence-corrected chi connectivity index (χ0v) is 11.7. The quantitative estimate of drug-likeness (QED) is 0.914. The van der Waals surface area contributed by atoms with E-state index in [9.17, 15) is 9.59 Å². The van der Waals surface area contributed by atoms with Gasteiger partial charge in [-0.15, -0.1) is 0 Å². The second kappa shape index (κ2) is 5.94. The van der Waals surface area contributed by atoms with Crippen LogP contribution < -0.4 is 4.74 Å². The van der Waals surface area contributed by atoms with Crippen LogP contribution in [-0.4, -0.2) is 41.1 Å². The Kier molecular flexibility index (Phi) is 4.27. The van der Waals surface area contributed by atoms with Crippen LogP contribution >= 0.6 is 0 Å². The first-order valence-electron chi connectivity index (χ1n) is 6.76. The van der Waals surface area contributed by atoms with E-state index in [1.807, 2.05) is 13.8 Å². The molecule has 1 aromatic carbocycles. The maximum absolute atomic E-state index is 12.3. The van der Waals surface area contributed by atoms with Crippen molar-refractivity contribution in [3.8, 4) is 5.75 Å². The van der Waals surface area contributed by atoms with Gasteiger partial charge in [-0.05, 0) is 38.5 Å². The van der Waals surface area contributed by atoms with Gasteiger partial charge in [0, 0.05) is 18.7 Å². The van der Waals surface area contributed by atoms with Crippen molar-refractivity contribution in [2.45, 2.75) is 26.4 Å². The standard InChI is InChI=1S/C15H19NO4/c1-10(2)20-13-5-3-4-11(8-13)14(17)16-7-6-12(9-16)15(18)19/h3-5,8,10,12H,6-7,9H2,1-2H3,(H,18,19). The molecule has 0 spiro atoms. The molecular formula is C15H19NO4. The van der Waals surface area contributed by atoms with Crippen LogP contribution in [0.4, 0.5) is 0 Å². The summed E-state index contributed by atoms with van der Waals surface area (Å²) >= 11 is 0. The lowest BCUT2D eigenvalue weighted by atomic mass is 10.1. The number of ether oxygens (including phenoxy) is 1. The molecular weight excluding hydrogens is 258 g/mol. The third-order valence-electron chi connectivity index (χ3n) is 3.28. The number of rotatable bonds is 4. The molecule has 1 heterocycles. The third kappa shape index (κ3) is 3.29. The molecule has 1 atom stereocenters. The Hall–Kier alpha value is -2.04. The fourth-order valence-electron chi connectivity index (χ4n) is 2.30. The Bertz CT molecular complexity index is 512. The minimum atomic E-state index is -0.836. The van der Waals surface area contributed by atoms with Crippen LogP contribution in [0.15, 0.2) is 24.3 Å². The molecule has 1 unspecified atom stereocenters. The Morgan fingerprint density at radius 2 is 2.15 bits per heavy atom. The highest BCUT2D eigenvalue weighted by Crippen LogP contribution is 2.21. The SMILES string of the molecule is CC(C)Oc1cccc(C(=O)N2CCC(C(=O)O)C2)c1. The second-order valence-electron chi connectivity index (χ2n) is 5.27. The molecule has 1 N–H and O–H groups in total. The van der Waals surface area contributed by atoms with Crippen molar-refractivity contribution in [2.75, 3.05) is 13.1 Å². The van der Waals surface area contributed by atoms with E-state index in [0.29, 0.717) is 24.3 Å². The number of likely N-dealkylation sites (tertiary alicyclic amines) is 1. The lowest BCUT2D eigenvalue weighted by Crippen LogP contribution is -2.29. The maximum Gasteiger partial charge on any atom is 0.308 e. The molecule has 0 aromatic heterocycles. The number of nitrogens with zero attached hydrogens (tertiary/aromatic N) is 1. The van der Waals surface area contributed by atoms with E-state index < -0.39 is 11.9 Å². The summed E-state index contributed by atoms with van der Waals surface area (Å²) in [6, 6.07) is 7.01. The van der Waals surface area contributed by atoms with Gasteiger partial charge in [-0.1, -0.05) is 6.07 Å². The van der Waals surface area contributed by atoms with Crippen LogP contribution in [-0.2, 0) is 4.79 Å². The van der Waals surface area contributed by atoms with Crippen molar-refractivity contribution in [2.24, 2.45) is 5.92 Å². The van der Waals surface area contributed by atoms with Crippen LogP contribution in [0.2, 0.25) is 0 Å². The van der Waals surface area contributed by atoms with Crippen LogP contribution in [0.5, 0.6) is 5.75 Å². The van der Waals surface area contributed by atoms with Gasteiger partial charge in [-0.3, -0.25) is 9.59 Å². The van der Waals surface area contributed by atoms with Crippen molar-refractivity contribution < 1.29 is 19.4 Å². The number of hydrogen-bond donors (Lipinski definition) is 1. The average molecular weight is 277 g/mol. The van der Waals surface area contributed by atoms with Gasteiger partial charge in [0.2, 0.25) is 0 Å². The van der Waals surface area contributed by atoms with Crippen molar-refractivity contribution in [3.05, 3.63) is 29.8 Å². The number of amides is 1. The number of carboxylic acids is 1. The molecule has 0 radical (unpaired) electrons. The molecule has 0 aliphatic carbocycles. The molecule has 5 nitrogen and oxygen atoms in total. The molecule has 0 bridgehead atoms. The minimum Gasteiger partial charge on any atom is -0.491 e. The monoisotopic (exact) mass is 277 g/mol. The number of hydrogen-bond acceptors (Lipinski definition) is 3. The van der Waals surface area contributed by atoms with Gasteiger partial charge in [0.1, 0.15) is 5.75 Å². The van der Waals surface area contributed by atoms with Gasteiger partial charge in [-0.2, -0.15) is 0 Å². The Morgan fingerprint density at radius 3 is 2.75 bits per heavy atom. The average Bonchev–Trinajstić information content (AvgIpc) is 2.87.